The maximum Gasteiger partial charge on any atom is 0.222 e. The molecular formula is C17H24N2O3. The van der Waals surface area contributed by atoms with Crippen LogP contribution in [0.2, 0.25) is 0 Å². The minimum Gasteiger partial charge on any atom is -0.372 e. The molecule has 2 saturated heterocycles. The average molecular weight is 304 g/mol. The molecule has 0 N–H and O–H groups in total. The summed E-state index contributed by atoms with van der Waals surface area (Å²) in [5.74, 6) is 0.244. The van der Waals surface area contributed by atoms with Gasteiger partial charge in [-0.3, -0.25) is 9.78 Å². The van der Waals surface area contributed by atoms with E-state index >= 15 is 0 Å². The molecular weight excluding hydrogens is 280 g/mol. The highest BCUT2D eigenvalue weighted by Gasteiger charge is 2.49. The molecule has 1 aromatic rings. The van der Waals surface area contributed by atoms with E-state index < -0.39 is 0 Å². The number of carbonyl (C=O) groups excluding carboxylic acids is 1. The van der Waals surface area contributed by atoms with E-state index in [-0.39, 0.29) is 17.6 Å². The van der Waals surface area contributed by atoms with E-state index in [1.54, 1.807) is 6.20 Å². The minimum absolute atomic E-state index is 0.170. The number of carbonyl (C=O) groups is 1. The molecule has 2 aliphatic heterocycles. The molecule has 1 amide bonds. The van der Waals surface area contributed by atoms with Crippen LogP contribution in [0, 0.1) is 0 Å². The van der Waals surface area contributed by atoms with Crippen molar-refractivity contribution in [3.8, 4) is 0 Å². The first kappa shape index (κ1) is 15.4. The lowest BCUT2D eigenvalue weighted by Gasteiger charge is -2.53. The molecule has 0 bridgehead atoms. The zero-order valence-electron chi connectivity index (χ0n) is 13.2. The zero-order valence-corrected chi connectivity index (χ0v) is 13.2. The molecule has 0 saturated carbocycles. The molecule has 5 heteroatoms. The van der Waals surface area contributed by atoms with Crippen molar-refractivity contribution in [3.05, 3.63) is 30.1 Å². The van der Waals surface area contributed by atoms with Crippen LogP contribution in [0.5, 0.6) is 0 Å². The summed E-state index contributed by atoms with van der Waals surface area (Å²) < 4.78 is 12.0. The zero-order chi connectivity index (χ0) is 15.4. The van der Waals surface area contributed by atoms with Gasteiger partial charge in [-0.2, -0.15) is 0 Å². The third-order valence-electron chi connectivity index (χ3n) is 4.42. The van der Waals surface area contributed by atoms with Crippen molar-refractivity contribution in [2.45, 2.75) is 50.9 Å². The van der Waals surface area contributed by atoms with E-state index in [0.717, 1.165) is 38.0 Å². The third-order valence-corrected chi connectivity index (χ3v) is 4.42. The van der Waals surface area contributed by atoms with Crippen LogP contribution in [-0.2, 0) is 20.9 Å². The van der Waals surface area contributed by atoms with Gasteiger partial charge in [0.15, 0.2) is 0 Å². The van der Waals surface area contributed by atoms with Gasteiger partial charge in [0.2, 0.25) is 5.91 Å². The van der Waals surface area contributed by atoms with Crippen LogP contribution >= 0.6 is 0 Å². The van der Waals surface area contributed by atoms with Gasteiger partial charge in [0.25, 0.3) is 0 Å². The van der Waals surface area contributed by atoms with Gasteiger partial charge >= 0.3 is 0 Å². The molecule has 5 nitrogen and oxygen atoms in total. The van der Waals surface area contributed by atoms with Crippen molar-refractivity contribution in [1.29, 1.82) is 0 Å². The van der Waals surface area contributed by atoms with Crippen LogP contribution in [-0.4, -0.2) is 47.2 Å². The average Bonchev–Trinajstić information content (AvgIpc) is 2.52. The highest BCUT2D eigenvalue weighted by atomic mass is 16.5. The lowest BCUT2D eigenvalue weighted by Crippen LogP contribution is -2.67. The summed E-state index contributed by atoms with van der Waals surface area (Å²) in [5, 5.41) is 0. The fourth-order valence-corrected chi connectivity index (χ4v) is 3.23. The monoisotopic (exact) mass is 304 g/mol. The maximum atomic E-state index is 11.9. The Bertz CT molecular complexity index is 500. The predicted molar refractivity (Wildman–Crippen MR) is 82.2 cm³/mol. The second-order valence-electron chi connectivity index (χ2n) is 6.28. The van der Waals surface area contributed by atoms with Crippen molar-refractivity contribution in [2.75, 3.05) is 19.7 Å². The largest absolute Gasteiger partial charge is 0.372 e. The van der Waals surface area contributed by atoms with Crippen LogP contribution in [0.1, 0.15) is 38.3 Å². The van der Waals surface area contributed by atoms with Gasteiger partial charge in [0.05, 0.1) is 31.5 Å². The SMILES string of the molecule is CCCC(=O)N1CC2(CC(OCc3ccccn3)CCO2)C1. The van der Waals surface area contributed by atoms with E-state index in [0.29, 0.717) is 19.6 Å². The van der Waals surface area contributed by atoms with Crippen molar-refractivity contribution < 1.29 is 14.3 Å². The molecule has 1 unspecified atom stereocenters. The smallest absolute Gasteiger partial charge is 0.222 e. The van der Waals surface area contributed by atoms with E-state index in [2.05, 4.69) is 4.98 Å². The van der Waals surface area contributed by atoms with Crippen LogP contribution in [0.4, 0.5) is 0 Å². The molecule has 22 heavy (non-hydrogen) atoms. The summed E-state index contributed by atoms with van der Waals surface area (Å²) in [6.45, 7) is 4.72. The fraction of sp³-hybridized carbons (Fsp3) is 0.647. The first-order valence-electron chi connectivity index (χ1n) is 8.14. The Labute approximate surface area is 131 Å². The number of likely N-dealkylation sites (tertiary alicyclic amines) is 1. The van der Waals surface area contributed by atoms with E-state index in [4.69, 9.17) is 9.47 Å². The van der Waals surface area contributed by atoms with Gasteiger partial charge in [-0.25, -0.2) is 0 Å². The number of aromatic nitrogens is 1. The van der Waals surface area contributed by atoms with Crippen LogP contribution in [0.3, 0.4) is 0 Å². The molecule has 0 aliphatic carbocycles. The van der Waals surface area contributed by atoms with E-state index in [9.17, 15) is 4.79 Å². The number of rotatable bonds is 5. The molecule has 3 rings (SSSR count). The number of nitrogens with zero attached hydrogens (tertiary/aromatic N) is 2. The summed E-state index contributed by atoms with van der Waals surface area (Å²) in [5.41, 5.74) is 0.785. The van der Waals surface area contributed by atoms with Gasteiger partial charge in [-0.1, -0.05) is 13.0 Å². The second-order valence-corrected chi connectivity index (χ2v) is 6.28. The van der Waals surface area contributed by atoms with Crippen molar-refractivity contribution in [3.63, 3.8) is 0 Å². The van der Waals surface area contributed by atoms with E-state index in [1.165, 1.54) is 0 Å². The molecule has 2 fully saturated rings. The molecule has 0 radical (unpaired) electrons. The molecule has 1 spiro atoms. The molecule has 120 valence electrons. The van der Waals surface area contributed by atoms with Gasteiger partial charge in [0.1, 0.15) is 5.60 Å². The molecule has 1 atom stereocenters. The predicted octanol–water partition coefficient (Wildman–Crippen LogP) is 2.16. The number of hydrogen-bond donors (Lipinski definition) is 0. The van der Waals surface area contributed by atoms with Crippen LogP contribution in [0.25, 0.3) is 0 Å². The number of hydrogen-bond acceptors (Lipinski definition) is 4. The molecule has 1 aromatic heterocycles. The second kappa shape index (κ2) is 6.75. The Hall–Kier alpha value is -1.46. The van der Waals surface area contributed by atoms with Gasteiger partial charge in [0, 0.05) is 25.6 Å². The highest BCUT2D eigenvalue weighted by molar-refractivity contribution is 5.77. The molecule has 2 aliphatic rings. The Morgan fingerprint density at radius 2 is 2.36 bits per heavy atom. The molecule has 3 heterocycles. The first-order chi connectivity index (χ1) is 10.7. The van der Waals surface area contributed by atoms with Crippen molar-refractivity contribution in [2.24, 2.45) is 0 Å². The number of ether oxygens (including phenoxy) is 2. The summed E-state index contributed by atoms with van der Waals surface area (Å²) in [6.07, 6.45) is 5.30. The van der Waals surface area contributed by atoms with E-state index in [1.807, 2.05) is 30.0 Å². The quantitative estimate of drug-likeness (QED) is 0.836. The first-order valence-corrected chi connectivity index (χ1v) is 8.14. The van der Waals surface area contributed by atoms with Gasteiger partial charge in [-0.15, -0.1) is 0 Å². The van der Waals surface area contributed by atoms with Crippen molar-refractivity contribution in [1.82, 2.24) is 9.88 Å². The van der Waals surface area contributed by atoms with Gasteiger partial charge in [-0.05, 0) is 25.0 Å². The normalized spacial score (nSPS) is 23.3. The van der Waals surface area contributed by atoms with Crippen LogP contribution in [0.15, 0.2) is 24.4 Å². The van der Waals surface area contributed by atoms with Crippen molar-refractivity contribution >= 4 is 5.91 Å². The topological polar surface area (TPSA) is 51.7 Å². The Morgan fingerprint density at radius 3 is 3.09 bits per heavy atom. The summed E-state index contributed by atoms with van der Waals surface area (Å²) in [6, 6.07) is 5.85. The maximum absolute atomic E-state index is 11.9. The lowest BCUT2D eigenvalue weighted by molar-refractivity contribution is -0.202. The summed E-state index contributed by atoms with van der Waals surface area (Å²) in [7, 11) is 0. The number of amides is 1. The Balaban J connectivity index is 1.47. The summed E-state index contributed by atoms with van der Waals surface area (Å²) in [4.78, 5) is 18.1. The Kier molecular flexibility index (Phi) is 4.74. The lowest BCUT2D eigenvalue weighted by atomic mass is 9.84. The number of pyridine rings is 1. The summed E-state index contributed by atoms with van der Waals surface area (Å²) >= 11 is 0. The third kappa shape index (κ3) is 3.47. The Morgan fingerprint density at radius 1 is 1.50 bits per heavy atom. The fourth-order valence-electron chi connectivity index (χ4n) is 3.23. The minimum atomic E-state index is -0.170. The highest BCUT2D eigenvalue weighted by Crippen LogP contribution is 2.35. The van der Waals surface area contributed by atoms with Crippen LogP contribution < -0.4 is 0 Å². The standard InChI is InChI=1S/C17H24N2O3/c1-2-5-16(20)19-12-17(13-19)10-15(7-9-22-17)21-11-14-6-3-4-8-18-14/h3-4,6,8,15H,2,5,7,9-13H2,1H3. The van der Waals surface area contributed by atoms with Gasteiger partial charge < -0.3 is 14.4 Å². The molecule has 0 aromatic carbocycles.